The highest BCUT2D eigenvalue weighted by Crippen LogP contribution is 2.31. The topological polar surface area (TPSA) is 117 Å². The van der Waals surface area contributed by atoms with Crippen molar-refractivity contribution in [3.63, 3.8) is 0 Å². The van der Waals surface area contributed by atoms with Crippen LogP contribution in [-0.2, 0) is 21.2 Å². The first-order valence-electron chi connectivity index (χ1n) is 11.1. The molecule has 0 saturated carbocycles. The maximum absolute atomic E-state index is 13.6. The molecule has 9 heteroatoms. The molecule has 1 aliphatic heterocycles. The number of carbonyl (C=O) groups is 2. The van der Waals surface area contributed by atoms with Gasteiger partial charge in [-0.3, -0.25) is 9.69 Å². The summed E-state index contributed by atoms with van der Waals surface area (Å²) >= 11 is 0. The largest absolute Gasteiger partial charge is 0.361 e. The number of aromatic amines is 1. The number of nitrogens with one attached hydrogen (secondary N) is 1. The Morgan fingerprint density at radius 2 is 1.82 bits per heavy atom. The zero-order valence-electron chi connectivity index (χ0n) is 18.5. The molecule has 3 N–H and O–H groups in total. The minimum absolute atomic E-state index is 0.00226. The fraction of sp³-hybridized carbons (Fsp3) is 0.333. The smallest absolute Gasteiger partial charge is 0.341 e. The molecule has 1 fully saturated rings. The quantitative estimate of drug-likeness (QED) is 0.370. The van der Waals surface area contributed by atoms with Gasteiger partial charge in [0.2, 0.25) is 0 Å². The molecule has 0 bridgehead atoms. The Balaban J connectivity index is 1.71. The lowest BCUT2D eigenvalue weighted by Crippen LogP contribution is -2.41. The van der Waals surface area contributed by atoms with Crippen LogP contribution in [0.4, 0.5) is 4.79 Å². The number of para-hydroxylation sites is 1. The summed E-state index contributed by atoms with van der Waals surface area (Å²) in [6, 6.07) is 12.0. The zero-order chi connectivity index (χ0) is 23.6. The number of benzene rings is 2. The maximum atomic E-state index is 13.6. The Bertz CT molecular complexity index is 1280. The third-order valence-electron chi connectivity index (χ3n) is 5.97. The number of nitrogens with two attached hydrogens (primary N) is 1. The summed E-state index contributed by atoms with van der Waals surface area (Å²) in [4.78, 5) is 30.9. The number of rotatable bonds is 9. The lowest BCUT2D eigenvalue weighted by atomic mass is 10.0. The van der Waals surface area contributed by atoms with Crippen LogP contribution < -0.4 is 5.73 Å². The summed E-state index contributed by atoms with van der Waals surface area (Å²) in [6.45, 7) is 2.48. The van der Waals surface area contributed by atoms with Crippen molar-refractivity contribution in [2.45, 2.75) is 43.5 Å². The number of imide groups is 1. The zero-order valence-corrected chi connectivity index (χ0v) is 19.3. The normalized spacial score (nSPS) is 16.8. The predicted molar refractivity (Wildman–Crippen MR) is 126 cm³/mol. The van der Waals surface area contributed by atoms with E-state index >= 15 is 0 Å². The summed E-state index contributed by atoms with van der Waals surface area (Å²) in [7, 11) is -4.23. The number of fused-ring (bicyclic) bond motifs is 1. The Morgan fingerprint density at radius 3 is 2.58 bits per heavy atom. The van der Waals surface area contributed by atoms with E-state index in [-0.39, 0.29) is 17.9 Å². The van der Waals surface area contributed by atoms with Crippen molar-refractivity contribution in [3.8, 4) is 0 Å². The van der Waals surface area contributed by atoms with Crippen molar-refractivity contribution in [2.75, 3.05) is 13.1 Å². The number of H-pyrrole nitrogens is 1. The van der Waals surface area contributed by atoms with Gasteiger partial charge in [-0.15, -0.1) is 0 Å². The van der Waals surface area contributed by atoms with E-state index in [1.165, 1.54) is 12.1 Å². The number of amides is 3. The van der Waals surface area contributed by atoms with Gasteiger partial charge in [0.1, 0.15) is 6.04 Å². The van der Waals surface area contributed by atoms with Gasteiger partial charge in [-0.25, -0.2) is 17.5 Å². The van der Waals surface area contributed by atoms with Crippen LogP contribution >= 0.6 is 0 Å². The first kappa shape index (κ1) is 23.0. The van der Waals surface area contributed by atoms with E-state index in [0.29, 0.717) is 13.0 Å². The average molecular weight is 469 g/mol. The monoisotopic (exact) mass is 468 g/mol. The molecule has 1 atom stereocenters. The summed E-state index contributed by atoms with van der Waals surface area (Å²) in [6.07, 6.45) is 3.97. The molecule has 2 heterocycles. The minimum Gasteiger partial charge on any atom is -0.361 e. The van der Waals surface area contributed by atoms with Crippen LogP contribution in [0.2, 0.25) is 0 Å². The average Bonchev–Trinajstić information content (AvgIpc) is 3.31. The molecule has 33 heavy (non-hydrogen) atoms. The third kappa shape index (κ3) is 4.38. The molecule has 0 spiro atoms. The van der Waals surface area contributed by atoms with Crippen molar-refractivity contribution in [3.05, 3.63) is 65.9 Å². The molecule has 0 aliphatic carbocycles. The van der Waals surface area contributed by atoms with Gasteiger partial charge in [-0.05, 0) is 55.6 Å². The van der Waals surface area contributed by atoms with Crippen LogP contribution in [0.3, 0.4) is 0 Å². The first-order valence-corrected chi connectivity index (χ1v) is 12.5. The highest BCUT2D eigenvalue weighted by molar-refractivity contribution is 7.89. The Labute approximate surface area is 193 Å². The van der Waals surface area contributed by atoms with E-state index in [1.54, 1.807) is 25.3 Å². The van der Waals surface area contributed by atoms with Crippen LogP contribution in [-0.4, -0.2) is 53.7 Å². The number of hydrogen-bond acceptors (Lipinski definition) is 5. The van der Waals surface area contributed by atoms with E-state index in [0.717, 1.165) is 44.1 Å². The molecule has 1 saturated heterocycles. The van der Waals surface area contributed by atoms with E-state index in [1.807, 2.05) is 24.3 Å². The molecule has 4 rings (SSSR count). The van der Waals surface area contributed by atoms with Gasteiger partial charge in [0.25, 0.3) is 15.9 Å². The van der Waals surface area contributed by atoms with Gasteiger partial charge >= 0.3 is 6.03 Å². The molecular weight excluding hydrogens is 440 g/mol. The fourth-order valence-corrected chi connectivity index (χ4v) is 5.88. The minimum atomic E-state index is -4.23. The van der Waals surface area contributed by atoms with E-state index in [2.05, 4.69) is 4.98 Å². The molecule has 2 aromatic carbocycles. The van der Waals surface area contributed by atoms with Crippen molar-refractivity contribution >= 4 is 32.9 Å². The lowest BCUT2D eigenvalue weighted by Gasteiger charge is -2.22. The molecule has 3 aromatic rings. The number of urea groups is 1. The molecule has 3 amide bonds. The van der Waals surface area contributed by atoms with Gasteiger partial charge in [0.15, 0.2) is 0 Å². The number of nitrogens with zero attached hydrogens (tertiary/aromatic N) is 2. The summed E-state index contributed by atoms with van der Waals surface area (Å²) in [5, 5.41) is 0.895. The molecule has 8 nitrogen and oxygen atoms in total. The number of carbonyl (C=O) groups excluding carboxylic acids is 2. The SMILES string of the molecule is Cc1cccc(S(=O)(=O)N2C(=O)N(CCCCCN)C(=O)C2Cc2c[nH]c3ccccc23)c1. The van der Waals surface area contributed by atoms with Crippen molar-refractivity contribution < 1.29 is 18.0 Å². The number of sulfonamides is 1. The van der Waals surface area contributed by atoms with Crippen LogP contribution in [0, 0.1) is 6.92 Å². The lowest BCUT2D eigenvalue weighted by molar-refractivity contribution is -0.127. The number of unbranched alkanes of at least 4 members (excludes halogenated alkanes) is 2. The van der Waals surface area contributed by atoms with Gasteiger partial charge in [0, 0.05) is 30.1 Å². The van der Waals surface area contributed by atoms with E-state index in [9.17, 15) is 18.0 Å². The third-order valence-corrected chi connectivity index (χ3v) is 7.75. The Hall–Kier alpha value is -3.17. The van der Waals surface area contributed by atoms with E-state index in [4.69, 9.17) is 5.73 Å². The molecule has 0 radical (unpaired) electrons. The molecule has 174 valence electrons. The second-order valence-corrected chi connectivity index (χ2v) is 10.1. The van der Waals surface area contributed by atoms with Crippen molar-refractivity contribution in [2.24, 2.45) is 5.73 Å². The summed E-state index contributed by atoms with van der Waals surface area (Å²) in [5.41, 5.74) is 7.96. The highest BCUT2D eigenvalue weighted by Gasteiger charge is 2.51. The molecule has 1 unspecified atom stereocenters. The van der Waals surface area contributed by atoms with Gasteiger partial charge in [0.05, 0.1) is 4.90 Å². The van der Waals surface area contributed by atoms with Gasteiger partial charge in [-0.2, -0.15) is 0 Å². The number of aryl methyl sites for hydroxylation is 1. The van der Waals surface area contributed by atoms with Crippen LogP contribution in [0.25, 0.3) is 10.9 Å². The Morgan fingerprint density at radius 1 is 1.03 bits per heavy atom. The highest BCUT2D eigenvalue weighted by atomic mass is 32.2. The molecular formula is C24H28N4O4S. The van der Waals surface area contributed by atoms with Gasteiger partial charge in [-0.1, -0.05) is 36.8 Å². The van der Waals surface area contributed by atoms with Crippen LogP contribution in [0.15, 0.2) is 59.6 Å². The van der Waals surface area contributed by atoms with Crippen molar-refractivity contribution in [1.29, 1.82) is 0 Å². The Kier molecular flexibility index (Phi) is 6.53. The fourth-order valence-electron chi connectivity index (χ4n) is 4.26. The predicted octanol–water partition coefficient (Wildman–Crippen LogP) is 3.17. The molecule has 1 aliphatic rings. The second kappa shape index (κ2) is 9.36. The van der Waals surface area contributed by atoms with Crippen molar-refractivity contribution in [1.82, 2.24) is 14.2 Å². The van der Waals surface area contributed by atoms with E-state index < -0.39 is 28.0 Å². The summed E-state index contributed by atoms with van der Waals surface area (Å²) in [5.74, 6) is -0.491. The van der Waals surface area contributed by atoms with Gasteiger partial charge < -0.3 is 10.7 Å². The first-order chi connectivity index (χ1) is 15.8. The maximum Gasteiger partial charge on any atom is 0.341 e. The van der Waals surface area contributed by atoms with Crippen LogP contribution in [0.1, 0.15) is 30.4 Å². The summed E-state index contributed by atoms with van der Waals surface area (Å²) < 4.78 is 27.9. The standard InChI is InChI=1S/C24H28N4O4S/c1-17-8-7-9-19(14-17)33(31,32)28-22(15-18-16-26-21-11-4-3-10-20(18)21)23(29)27(24(28)30)13-6-2-5-12-25/h3-4,7-11,14,16,22,26H,2,5-6,12-13,15,25H2,1H3. The number of hydrogen-bond donors (Lipinski definition) is 2. The second-order valence-electron chi connectivity index (χ2n) is 8.32. The number of aromatic nitrogens is 1. The molecule has 1 aromatic heterocycles. The van der Waals surface area contributed by atoms with Crippen LogP contribution in [0.5, 0.6) is 0 Å².